The highest BCUT2D eigenvalue weighted by molar-refractivity contribution is 7.21. The van der Waals surface area contributed by atoms with E-state index in [9.17, 15) is 18.0 Å². The number of thiophene rings is 1. The van der Waals surface area contributed by atoms with E-state index in [1.165, 1.54) is 18.2 Å². The van der Waals surface area contributed by atoms with Crippen LogP contribution in [0.15, 0.2) is 24.3 Å². The van der Waals surface area contributed by atoms with Gasteiger partial charge < -0.3 is 15.8 Å². The maximum Gasteiger partial charge on any atom is 0.573 e. The Hall–Kier alpha value is -2.88. The van der Waals surface area contributed by atoms with Crippen LogP contribution in [0.1, 0.15) is 26.5 Å². The minimum absolute atomic E-state index is 0.0191. The average molecular weight is 396 g/mol. The van der Waals surface area contributed by atoms with Gasteiger partial charge in [-0.25, -0.2) is 0 Å². The second-order valence-corrected chi connectivity index (χ2v) is 6.81. The van der Waals surface area contributed by atoms with Crippen LogP contribution < -0.4 is 15.8 Å². The van der Waals surface area contributed by atoms with E-state index in [1.54, 1.807) is 13.0 Å². The Kier molecular flexibility index (Phi) is 4.92. The smallest absolute Gasteiger partial charge is 0.406 e. The number of nitrogen functional groups attached to an aromatic ring is 1. The zero-order valence-corrected chi connectivity index (χ0v) is 15.2. The van der Waals surface area contributed by atoms with Gasteiger partial charge in [0.15, 0.2) is 0 Å². The van der Waals surface area contributed by atoms with Crippen LogP contribution in [0.3, 0.4) is 0 Å². The number of aryl methyl sites for hydroxylation is 2. The van der Waals surface area contributed by atoms with Crippen molar-refractivity contribution in [3.63, 3.8) is 0 Å². The van der Waals surface area contributed by atoms with E-state index in [4.69, 9.17) is 5.73 Å². The number of rotatable bonds is 4. The van der Waals surface area contributed by atoms with Gasteiger partial charge in [-0.3, -0.25) is 4.79 Å². The number of nitrogens with one attached hydrogen (secondary N) is 1. The van der Waals surface area contributed by atoms with Crippen LogP contribution in [0.2, 0.25) is 0 Å². The summed E-state index contributed by atoms with van der Waals surface area (Å²) in [5.41, 5.74) is 8.46. The first-order valence-electron chi connectivity index (χ1n) is 7.80. The molecule has 0 saturated carbocycles. The molecule has 0 radical (unpaired) electrons. The highest BCUT2D eigenvalue weighted by atomic mass is 32.1. The van der Waals surface area contributed by atoms with Crippen molar-refractivity contribution in [1.29, 1.82) is 0 Å². The van der Waals surface area contributed by atoms with Gasteiger partial charge in [0.25, 0.3) is 5.91 Å². The van der Waals surface area contributed by atoms with Crippen molar-refractivity contribution in [3.8, 4) is 5.75 Å². The van der Waals surface area contributed by atoms with Gasteiger partial charge in [-0.15, -0.1) is 29.6 Å². The van der Waals surface area contributed by atoms with Gasteiger partial charge in [0.05, 0.1) is 11.4 Å². The van der Waals surface area contributed by atoms with Crippen LogP contribution in [0, 0.1) is 13.8 Å². The van der Waals surface area contributed by atoms with E-state index in [-0.39, 0.29) is 17.2 Å². The lowest BCUT2D eigenvalue weighted by Crippen LogP contribution is -2.23. The fourth-order valence-corrected chi connectivity index (χ4v) is 3.54. The molecule has 142 valence electrons. The fraction of sp³-hybridized carbons (Fsp3) is 0.235. The molecule has 2 heterocycles. The van der Waals surface area contributed by atoms with Crippen molar-refractivity contribution in [2.24, 2.45) is 0 Å². The van der Waals surface area contributed by atoms with E-state index < -0.39 is 12.3 Å². The van der Waals surface area contributed by atoms with Gasteiger partial charge in [-0.1, -0.05) is 12.1 Å². The molecule has 0 fully saturated rings. The van der Waals surface area contributed by atoms with Gasteiger partial charge in [0, 0.05) is 11.9 Å². The number of nitrogens with two attached hydrogens (primary N) is 1. The quantitative estimate of drug-likeness (QED) is 0.702. The van der Waals surface area contributed by atoms with E-state index in [0.29, 0.717) is 21.5 Å². The molecule has 1 amide bonds. The molecular formula is C17H15F3N4O2S. The van der Waals surface area contributed by atoms with Crippen LogP contribution in [-0.4, -0.2) is 22.5 Å². The summed E-state index contributed by atoms with van der Waals surface area (Å²) in [7, 11) is 0. The number of anilines is 1. The Balaban J connectivity index is 1.77. The summed E-state index contributed by atoms with van der Waals surface area (Å²) >= 11 is 1.12. The maximum atomic E-state index is 12.5. The van der Waals surface area contributed by atoms with Crippen LogP contribution in [0.25, 0.3) is 10.2 Å². The number of hydrogen-bond donors (Lipinski definition) is 2. The summed E-state index contributed by atoms with van der Waals surface area (Å²) < 4.78 is 40.8. The predicted octanol–water partition coefficient (Wildman–Crippen LogP) is 3.72. The molecule has 0 aliphatic rings. The molecule has 0 unspecified atom stereocenters. The van der Waals surface area contributed by atoms with Gasteiger partial charge in [-0.05, 0) is 37.1 Å². The third kappa shape index (κ3) is 4.11. The van der Waals surface area contributed by atoms with Crippen LogP contribution in [0.5, 0.6) is 5.75 Å². The third-order valence-electron chi connectivity index (χ3n) is 3.93. The van der Waals surface area contributed by atoms with Gasteiger partial charge in [0.1, 0.15) is 15.5 Å². The Morgan fingerprint density at radius 3 is 2.74 bits per heavy atom. The summed E-state index contributed by atoms with van der Waals surface area (Å²) in [4.78, 5) is 13.3. The largest absolute Gasteiger partial charge is 0.573 e. The standard InChI is InChI=1S/C17H15F3N4O2S/c1-8-9(2)23-24-16-12(8)13(21)14(27-16)15(25)22-7-10-4-3-5-11(6-10)26-17(18,19)20/h3-6H,7,21H2,1-2H3,(H,22,25). The monoisotopic (exact) mass is 396 g/mol. The average Bonchev–Trinajstić information content (AvgIpc) is 2.92. The van der Waals surface area contributed by atoms with E-state index >= 15 is 0 Å². The molecule has 10 heteroatoms. The van der Waals surface area contributed by atoms with Gasteiger partial charge >= 0.3 is 6.36 Å². The molecular weight excluding hydrogens is 381 g/mol. The summed E-state index contributed by atoms with van der Waals surface area (Å²) in [6, 6.07) is 5.39. The Morgan fingerprint density at radius 1 is 1.30 bits per heavy atom. The van der Waals surface area contributed by atoms with Crippen molar-refractivity contribution in [3.05, 3.63) is 46.0 Å². The summed E-state index contributed by atoms with van der Waals surface area (Å²) in [5.74, 6) is -0.785. The molecule has 3 aromatic rings. The summed E-state index contributed by atoms with van der Waals surface area (Å²) in [5, 5.41) is 11.4. The van der Waals surface area contributed by atoms with Crippen molar-refractivity contribution in [1.82, 2.24) is 15.5 Å². The highest BCUT2D eigenvalue weighted by Gasteiger charge is 2.31. The molecule has 0 spiro atoms. The predicted molar refractivity (Wildman–Crippen MR) is 95.6 cm³/mol. The van der Waals surface area contributed by atoms with Crippen molar-refractivity contribution in [2.45, 2.75) is 26.8 Å². The second kappa shape index (κ2) is 7.03. The first kappa shape index (κ1) is 18.9. The molecule has 0 aliphatic carbocycles. The number of amides is 1. The molecule has 27 heavy (non-hydrogen) atoms. The summed E-state index contributed by atoms with van der Waals surface area (Å²) in [6.45, 7) is 3.67. The van der Waals surface area contributed by atoms with Crippen LogP contribution >= 0.6 is 11.3 Å². The van der Waals surface area contributed by atoms with Gasteiger partial charge in [-0.2, -0.15) is 5.10 Å². The number of hydrogen-bond acceptors (Lipinski definition) is 6. The Labute approximate surface area is 156 Å². The van der Waals surface area contributed by atoms with Crippen LogP contribution in [0.4, 0.5) is 18.9 Å². The number of ether oxygens (including phenoxy) is 1. The first-order chi connectivity index (χ1) is 12.7. The number of carbonyl (C=O) groups excluding carboxylic acids is 1. The highest BCUT2D eigenvalue weighted by Crippen LogP contribution is 2.34. The molecule has 1 aromatic carbocycles. The number of nitrogens with zero attached hydrogens (tertiary/aromatic N) is 2. The molecule has 0 bridgehead atoms. The van der Waals surface area contributed by atoms with E-state index in [0.717, 1.165) is 22.6 Å². The lowest BCUT2D eigenvalue weighted by atomic mass is 10.1. The van der Waals surface area contributed by atoms with Crippen LogP contribution in [-0.2, 0) is 6.54 Å². The number of benzene rings is 1. The Morgan fingerprint density at radius 2 is 2.04 bits per heavy atom. The molecule has 0 atom stereocenters. The minimum atomic E-state index is -4.77. The second-order valence-electron chi connectivity index (χ2n) is 5.81. The molecule has 3 N–H and O–H groups in total. The lowest BCUT2D eigenvalue weighted by Gasteiger charge is -2.10. The minimum Gasteiger partial charge on any atom is -0.406 e. The zero-order valence-electron chi connectivity index (χ0n) is 14.3. The molecule has 6 nitrogen and oxygen atoms in total. The molecule has 0 saturated heterocycles. The van der Waals surface area contributed by atoms with E-state index in [1.807, 2.05) is 6.92 Å². The topological polar surface area (TPSA) is 90.1 Å². The first-order valence-corrected chi connectivity index (χ1v) is 8.62. The summed E-state index contributed by atoms with van der Waals surface area (Å²) in [6.07, 6.45) is -4.77. The zero-order chi connectivity index (χ0) is 19.8. The number of fused-ring (bicyclic) bond motifs is 1. The number of alkyl halides is 3. The third-order valence-corrected chi connectivity index (χ3v) is 5.01. The Bertz CT molecular complexity index is 1020. The maximum absolute atomic E-state index is 12.5. The SMILES string of the molecule is Cc1nnc2sc(C(=O)NCc3cccc(OC(F)(F)F)c3)c(N)c2c1C. The normalized spacial score (nSPS) is 11.6. The fourth-order valence-electron chi connectivity index (χ4n) is 2.52. The molecule has 2 aromatic heterocycles. The number of halogens is 3. The van der Waals surface area contributed by atoms with E-state index in [2.05, 4.69) is 20.3 Å². The molecule has 0 aliphatic heterocycles. The number of carbonyl (C=O) groups is 1. The van der Waals surface area contributed by atoms with Crippen molar-refractivity contribution < 1.29 is 22.7 Å². The number of aromatic nitrogens is 2. The van der Waals surface area contributed by atoms with Crippen molar-refractivity contribution >= 4 is 33.1 Å². The molecule has 3 rings (SSSR count). The van der Waals surface area contributed by atoms with Gasteiger partial charge in [0.2, 0.25) is 0 Å². The lowest BCUT2D eigenvalue weighted by molar-refractivity contribution is -0.274. The van der Waals surface area contributed by atoms with Crippen molar-refractivity contribution in [2.75, 3.05) is 5.73 Å².